The summed E-state index contributed by atoms with van der Waals surface area (Å²) in [7, 11) is 0. The van der Waals surface area contributed by atoms with E-state index in [1.165, 1.54) is 0 Å². The fourth-order valence-electron chi connectivity index (χ4n) is 1.53. The van der Waals surface area contributed by atoms with Crippen molar-refractivity contribution in [2.24, 2.45) is 5.92 Å². The lowest BCUT2D eigenvalue weighted by molar-refractivity contribution is -0.113. The van der Waals surface area contributed by atoms with Crippen molar-refractivity contribution in [1.29, 1.82) is 0 Å². The third-order valence-electron chi connectivity index (χ3n) is 2.60. The van der Waals surface area contributed by atoms with E-state index in [1.807, 2.05) is 24.3 Å². The summed E-state index contributed by atoms with van der Waals surface area (Å²) in [5.74, 6) is 2.40. The monoisotopic (exact) mass is 314 g/mol. The Morgan fingerprint density at radius 1 is 1.47 bits per heavy atom. The van der Waals surface area contributed by atoms with Crippen LogP contribution < -0.4 is 10.6 Å². The van der Waals surface area contributed by atoms with Crippen LogP contribution in [0.2, 0.25) is 0 Å². The van der Waals surface area contributed by atoms with E-state index in [0.29, 0.717) is 5.75 Å². The fourth-order valence-corrected chi connectivity index (χ4v) is 2.86. The van der Waals surface area contributed by atoms with Crippen LogP contribution in [0.15, 0.2) is 28.7 Å². The van der Waals surface area contributed by atoms with Crippen molar-refractivity contribution in [3.8, 4) is 0 Å². The van der Waals surface area contributed by atoms with Gasteiger partial charge >= 0.3 is 0 Å². The molecule has 0 aromatic heterocycles. The molecule has 1 saturated heterocycles. The largest absolute Gasteiger partial charge is 0.324 e. The van der Waals surface area contributed by atoms with E-state index in [0.717, 1.165) is 34.9 Å². The van der Waals surface area contributed by atoms with Crippen molar-refractivity contribution in [2.75, 3.05) is 29.9 Å². The van der Waals surface area contributed by atoms with Crippen molar-refractivity contribution >= 4 is 39.3 Å². The Labute approximate surface area is 114 Å². The predicted octanol–water partition coefficient (Wildman–Crippen LogP) is 2.34. The Balaban J connectivity index is 1.71. The molecule has 0 unspecified atom stereocenters. The van der Waals surface area contributed by atoms with Gasteiger partial charge in [0.25, 0.3) is 0 Å². The van der Waals surface area contributed by atoms with Gasteiger partial charge in [0.15, 0.2) is 0 Å². The summed E-state index contributed by atoms with van der Waals surface area (Å²) in [5.41, 5.74) is 0.836. The lowest BCUT2D eigenvalue weighted by atomic mass is 10.1. The topological polar surface area (TPSA) is 41.1 Å². The van der Waals surface area contributed by atoms with Gasteiger partial charge in [-0.1, -0.05) is 12.1 Å². The summed E-state index contributed by atoms with van der Waals surface area (Å²) < 4.78 is 0.918. The highest BCUT2D eigenvalue weighted by Crippen LogP contribution is 2.21. The molecule has 17 heavy (non-hydrogen) atoms. The number of para-hydroxylation sites is 1. The van der Waals surface area contributed by atoms with Crippen LogP contribution in [0.3, 0.4) is 0 Å². The first-order valence-corrected chi connectivity index (χ1v) is 7.53. The van der Waals surface area contributed by atoms with Crippen molar-refractivity contribution in [2.45, 2.75) is 0 Å². The zero-order valence-electron chi connectivity index (χ0n) is 9.41. The van der Waals surface area contributed by atoms with E-state index in [-0.39, 0.29) is 5.91 Å². The Kier molecular flexibility index (Phi) is 4.88. The molecule has 1 aromatic rings. The molecule has 2 N–H and O–H groups in total. The van der Waals surface area contributed by atoms with Crippen LogP contribution in [0.5, 0.6) is 0 Å². The Morgan fingerprint density at radius 2 is 2.24 bits per heavy atom. The minimum Gasteiger partial charge on any atom is -0.324 e. The maximum atomic E-state index is 11.7. The highest BCUT2D eigenvalue weighted by Gasteiger charge is 2.16. The van der Waals surface area contributed by atoms with Crippen LogP contribution in [0.1, 0.15) is 0 Å². The molecule has 0 aliphatic carbocycles. The lowest BCUT2D eigenvalue weighted by Gasteiger charge is -2.26. The number of amides is 1. The van der Waals surface area contributed by atoms with Gasteiger partial charge in [-0.15, -0.1) is 0 Å². The molecular weight excluding hydrogens is 300 g/mol. The van der Waals surface area contributed by atoms with Gasteiger partial charge in [-0.05, 0) is 52.8 Å². The van der Waals surface area contributed by atoms with E-state index < -0.39 is 0 Å². The van der Waals surface area contributed by atoms with E-state index in [2.05, 4.69) is 26.6 Å². The van der Waals surface area contributed by atoms with E-state index in [1.54, 1.807) is 11.8 Å². The van der Waals surface area contributed by atoms with Gasteiger partial charge in [-0.3, -0.25) is 4.79 Å². The SMILES string of the molecule is O=C(CSCC1CNC1)Nc1ccccc1Br. The third kappa shape index (κ3) is 4.01. The van der Waals surface area contributed by atoms with Gasteiger partial charge in [-0.25, -0.2) is 0 Å². The standard InChI is InChI=1S/C12H15BrN2OS/c13-10-3-1-2-4-11(10)15-12(16)8-17-7-9-5-14-6-9/h1-4,9,14H,5-8H2,(H,15,16). The molecule has 1 fully saturated rings. The Morgan fingerprint density at radius 3 is 2.88 bits per heavy atom. The minimum absolute atomic E-state index is 0.0641. The first-order chi connectivity index (χ1) is 8.25. The van der Waals surface area contributed by atoms with Gasteiger partial charge in [0, 0.05) is 4.47 Å². The molecule has 1 aliphatic heterocycles. The maximum Gasteiger partial charge on any atom is 0.234 e. The molecule has 5 heteroatoms. The number of benzene rings is 1. The number of carbonyl (C=O) groups excluding carboxylic acids is 1. The summed E-state index contributed by atoms with van der Waals surface area (Å²) in [6.45, 7) is 2.19. The number of carbonyl (C=O) groups is 1. The molecule has 1 amide bonds. The molecule has 0 bridgehead atoms. The fraction of sp³-hybridized carbons (Fsp3) is 0.417. The maximum absolute atomic E-state index is 11.7. The second-order valence-corrected chi connectivity index (χ2v) is 5.95. The lowest BCUT2D eigenvalue weighted by Crippen LogP contribution is -2.43. The second kappa shape index (κ2) is 6.42. The average Bonchev–Trinajstić information content (AvgIpc) is 2.25. The van der Waals surface area contributed by atoms with Gasteiger partial charge in [-0.2, -0.15) is 11.8 Å². The second-order valence-electron chi connectivity index (χ2n) is 4.07. The molecule has 3 nitrogen and oxygen atoms in total. The number of hydrogen-bond acceptors (Lipinski definition) is 3. The van der Waals surface area contributed by atoms with Gasteiger partial charge in [0.1, 0.15) is 0 Å². The highest BCUT2D eigenvalue weighted by molar-refractivity contribution is 9.10. The molecular formula is C12H15BrN2OS. The minimum atomic E-state index is 0.0641. The number of nitrogens with one attached hydrogen (secondary N) is 2. The molecule has 0 radical (unpaired) electrons. The quantitative estimate of drug-likeness (QED) is 0.876. The average molecular weight is 315 g/mol. The first-order valence-electron chi connectivity index (χ1n) is 5.58. The van der Waals surface area contributed by atoms with Crippen LogP contribution in [0.25, 0.3) is 0 Å². The van der Waals surface area contributed by atoms with Crippen LogP contribution in [0, 0.1) is 5.92 Å². The number of halogens is 1. The molecule has 1 aliphatic rings. The van der Waals surface area contributed by atoms with Crippen molar-refractivity contribution in [1.82, 2.24) is 5.32 Å². The predicted molar refractivity (Wildman–Crippen MR) is 76.5 cm³/mol. The van der Waals surface area contributed by atoms with Crippen LogP contribution in [-0.4, -0.2) is 30.5 Å². The van der Waals surface area contributed by atoms with E-state index in [4.69, 9.17) is 0 Å². The molecule has 1 aromatic carbocycles. The molecule has 0 saturated carbocycles. The van der Waals surface area contributed by atoms with E-state index in [9.17, 15) is 4.79 Å². The van der Waals surface area contributed by atoms with Crippen molar-refractivity contribution < 1.29 is 4.79 Å². The van der Waals surface area contributed by atoms with Crippen LogP contribution >= 0.6 is 27.7 Å². The summed E-state index contributed by atoms with van der Waals surface area (Å²) >= 11 is 5.11. The Bertz CT molecular complexity index is 396. The molecule has 2 rings (SSSR count). The number of rotatable bonds is 5. The van der Waals surface area contributed by atoms with Crippen LogP contribution in [0.4, 0.5) is 5.69 Å². The van der Waals surface area contributed by atoms with Gasteiger partial charge < -0.3 is 10.6 Å². The highest BCUT2D eigenvalue weighted by atomic mass is 79.9. The van der Waals surface area contributed by atoms with Gasteiger partial charge in [0.05, 0.1) is 11.4 Å². The normalized spacial score (nSPS) is 15.4. The van der Waals surface area contributed by atoms with Gasteiger partial charge in [0.2, 0.25) is 5.91 Å². The zero-order chi connectivity index (χ0) is 12.1. The number of anilines is 1. The number of hydrogen-bond donors (Lipinski definition) is 2. The molecule has 0 atom stereocenters. The van der Waals surface area contributed by atoms with Crippen molar-refractivity contribution in [3.63, 3.8) is 0 Å². The van der Waals surface area contributed by atoms with E-state index >= 15 is 0 Å². The zero-order valence-corrected chi connectivity index (χ0v) is 11.8. The smallest absolute Gasteiger partial charge is 0.234 e. The third-order valence-corrected chi connectivity index (χ3v) is 4.47. The first kappa shape index (κ1) is 12.9. The molecule has 0 spiro atoms. The summed E-state index contributed by atoms with van der Waals surface area (Å²) in [4.78, 5) is 11.7. The molecule has 92 valence electrons. The summed E-state index contributed by atoms with van der Waals surface area (Å²) in [6.07, 6.45) is 0. The Hall–Kier alpha value is -0.520. The molecule has 1 heterocycles. The number of thioether (sulfide) groups is 1. The van der Waals surface area contributed by atoms with Crippen molar-refractivity contribution in [3.05, 3.63) is 28.7 Å². The summed E-state index contributed by atoms with van der Waals surface area (Å²) in [5, 5.41) is 6.12. The summed E-state index contributed by atoms with van der Waals surface area (Å²) in [6, 6.07) is 7.65. The van der Waals surface area contributed by atoms with Crippen LogP contribution in [-0.2, 0) is 4.79 Å².